The number of methoxy groups -OCH3 is 1. The SMILES string of the molecule is COCCN(CC(=O)N(CCc1c[nH]c2ccccc12)Cc1ccc(C)cc1)C(=O)c1ccc(Cl)cc1. The maximum Gasteiger partial charge on any atom is 0.254 e. The summed E-state index contributed by atoms with van der Waals surface area (Å²) in [5.74, 6) is -0.340. The minimum atomic E-state index is -0.228. The second-order valence-corrected chi connectivity index (χ2v) is 9.57. The van der Waals surface area contributed by atoms with E-state index in [4.69, 9.17) is 16.3 Å². The number of hydrogen-bond acceptors (Lipinski definition) is 3. The number of fused-ring (bicyclic) bond motifs is 1. The Morgan fingerprint density at radius 3 is 2.38 bits per heavy atom. The van der Waals surface area contributed by atoms with Gasteiger partial charge in [-0.05, 0) is 54.8 Å². The first-order valence-electron chi connectivity index (χ1n) is 12.4. The van der Waals surface area contributed by atoms with Crippen LogP contribution in [-0.4, -0.2) is 59.9 Å². The number of ether oxygens (including phenoxy) is 1. The summed E-state index contributed by atoms with van der Waals surface area (Å²) in [6.45, 7) is 3.64. The van der Waals surface area contributed by atoms with Crippen molar-refractivity contribution in [1.29, 1.82) is 0 Å². The molecule has 0 bridgehead atoms. The van der Waals surface area contributed by atoms with Gasteiger partial charge in [0.1, 0.15) is 6.54 Å². The van der Waals surface area contributed by atoms with Crippen LogP contribution in [0.5, 0.6) is 0 Å². The molecule has 0 spiro atoms. The molecule has 1 N–H and O–H groups in total. The maximum absolute atomic E-state index is 13.7. The zero-order valence-corrected chi connectivity index (χ0v) is 22.0. The third kappa shape index (κ3) is 7.00. The van der Waals surface area contributed by atoms with Gasteiger partial charge in [0.2, 0.25) is 5.91 Å². The lowest BCUT2D eigenvalue weighted by Crippen LogP contribution is -2.44. The van der Waals surface area contributed by atoms with Crippen LogP contribution in [0.1, 0.15) is 27.0 Å². The Kier molecular flexibility index (Phi) is 8.99. The summed E-state index contributed by atoms with van der Waals surface area (Å²) >= 11 is 6.00. The van der Waals surface area contributed by atoms with E-state index in [1.807, 2.05) is 60.5 Å². The van der Waals surface area contributed by atoms with Crippen molar-refractivity contribution in [2.75, 3.05) is 33.4 Å². The van der Waals surface area contributed by atoms with Crippen molar-refractivity contribution in [2.45, 2.75) is 19.9 Å². The van der Waals surface area contributed by atoms with Gasteiger partial charge in [0.25, 0.3) is 5.91 Å². The molecule has 4 aromatic rings. The first-order chi connectivity index (χ1) is 17.9. The molecule has 0 aliphatic carbocycles. The second-order valence-electron chi connectivity index (χ2n) is 9.14. The largest absolute Gasteiger partial charge is 0.383 e. The van der Waals surface area contributed by atoms with Crippen molar-refractivity contribution in [1.82, 2.24) is 14.8 Å². The summed E-state index contributed by atoms with van der Waals surface area (Å²) in [4.78, 5) is 33.6. The Bertz CT molecular complexity index is 1330. The Morgan fingerprint density at radius 1 is 0.919 bits per heavy atom. The predicted octanol–water partition coefficient (Wildman–Crippen LogP) is 5.49. The van der Waals surface area contributed by atoms with E-state index in [0.29, 0.717) is 43.2 Å². The first kappa shape index (κ1) is 26.5. The molecular weight excluding hydrogens is 486 g/mol. The van der Waals surface area contributed by atoms with Gasteiger partial charge in [-0.1, -0.05) is 59.6 Å². The smallest absolute Gasteiger partial charge is 0.254 e. The summed E-state index contributed by atoms with van der Waals surface area (Å²) in [6.07, 6.45) is 2.71. The van der Waals surface area contributed by atoms with Gasteiger partial charge >= 0.3 is 0 Å². The second kappa shape index (κ2) is 12.6. The van der Waals surface area contributed by atoms with Crippen molar-refractivity contribution < 1.29 is 14.3 Å². The number of H-pyrrole nitrogens is 1. The van der Waals surface area contributed by atoms with Crippen LogP contribution in [0.2, 0.25) is 5.02 Å². The average molecular weight is 518 g/mol. The quantitative estimate of drug-likeness (QED) is 0.286. The van der Waals surface area contributed by atoms with Gasteiger partial charge < -0.3 is 19.5 Å². The molecule has 4 rings (SSSR count). The van der Waals surface area contributed by atoms with Crippen LogP contribution in [0.4, 0.5) is 0 Å². The van der Waals surface area contributed by atoms with Crippen LogP contribution in [0, 0.1) is 6.92 Å². The molecule has 3 aromatic carbocycles. The Morgan fingerprint density at radius 2 is 1.65 bits per heavy atom. The van der Waals surface area contributed by atoms with Crippen LogP contribution < -0.4 is 0 Å². The molecule has 1 aromatic heterocycles. The highest BCUT2D eigenvalue weighted by Gasteiger charge is 2.23. The van der Waals surface area contributed by atoms with Gasteiger partial charge in [-0.25, -0.2) is 0 Å². The molecule has 0 aliphatic rings. The molecule has 0 aliphatic heterocycles. The zero-order chi connectivity index (χ0) is 26.2. The fraction of sp³-hybridized carbons (Fsp3) is 0.267. The standard InChI is InChI=1S/C30H32ClN3O3/c1-22-7-9-23(10-8-22)20-33(16-15-25-19-32-28-6-4-3-5-27(25)28)29(35)21-34(17-18-37-2)30(36)24-11-13-26(31)14-12-24/h3-14,19,32H,15-18,20-21H2,1-2H3. The fourth-order valence-electron chi connectivity index (χ4n) is 4.29. The van der Waals surface area contributed by atoms with Crippen molar-refractivity contribution in [3.05, 3.63) is 106 Å². The van der Waals surface area contributed by atoms with E-state index in [1.54, 1.807) is 36.3 Å². The van der Waals surface area contributed by atoms with E-state index >= 15 is 0 Å². The number of hydrogen-bond donors (Lipinski definition) is 1. The highest BCUT2D eigenvalue weighted by molar-refractivity contribution is 6.30. The van der Waals surface area contributed by atoms with Gasteiger partial charge in [0, 0.05) is 54.4 Å². The normalized spacial score (nSPS) is 11.0. The number of halogens is 1. The lowest BCUT2D eigenvalue weighted by Gasteiger charge is -2.28. The van der Waals surface area contributed by atoms with Crippen molar-refractivity contribution in [2.24, 2.45) is 0 Å². The molecule has 7 heteroatoms. The molecule has 6 nitrogen and oxygen atoms in total. The molecule has 1 heterocycles. The van der Waals surface area contributed by atoms with Gasteiger partial charge in [0.05, 0.1) is 6.61 Å². The minimum absolute atomic E-state index is 0.0371. The highest BCUT2D eigenvalue weighted by atomic mass is 35.5. The fourth-order valence-corrected chi connectivity index (χ4v) is 4.42. The highest BCUT2D eigenvalue weighted by Crippen LogP contribution is 2.19. The molecule has 0 unspecified atom stereocenters. The molecule has 0 atom stereocenters. The van der Waals surface area contributed by atoms with Crippen LogP contribution in [0.25, 0.3) is 10.9 Å². The number of para-hydroxylation sites is 1. The van der Waals surface area contributed by atoms with Gasteiger partial charge in [-0.2, -0.15) is 0 Å². The zero-order valence-electron chi connectivity index (χ0n) is 21.2. The summed E-state index contributed by atoms with van der Waals surface area (Å²) in [5, 5.41) is 1.71. The molecule has 0 radical (unpaired) electrons. The molecule has 2 amide bonds. The number of benzene rings is 3. The van der Waals surface area contributed by atoms with Gasteiger partial charge in [-0.3, -0.25) is 9.59 Å². The topological polar surface area (TPSA) is 65.6 Å². The number of nitrogens with one attached hydrogen (secondary N) is 1. The summed E-state index contributed by atoms with van der Waals surface area (Å²) < 4.78 is 5.22. The number of rotatable bonds is 11. The van der Waals surface area contributed by atoms with Crippen LogP contribution >= 0.6 is 11.6 Å². The Balaban J connectivity index is 1.53. The lowest BCUT2D eigenvalue weighted by molar-refractivity contribution is -0.132. The average Bonchev–Trinajstić information content (AvgIpc) is 3.33. The van der Waals surface area contributed by atoms with Gasteiger partial charge in [0.15, 0.2) is 0 Å². The first-order valence-corrected chi connectivity index (χ1v) is 12.7. The van der Waals surface area contributed by atoms with E-state index in [1.165, 1.54) is 5.56 Å². The van der Waals surface area contributed by atoms with Crippen LogP contribution in [0.15, 0.2) is 79.0 Å². The van der Waals surface area contributed by atoms with Gasteiger partial charge in [-0.15, -0.1) is 0 Å². The maximum atomic E-state index is 13.7. The van der Waals surface area contributed by atoms with E-state index in [-0.39, 0.29) is 18.4 Å². The number of carbonyl (C=O) groups excluding carboxylic acids is 2. The summed E-state index contributed by atoms with van der Waals surface area (Å²) in [7, 11) is 1.58. The number of aromatic nitrogens is 1. The minimum Gasteiger partial charge on any atom is -0.383 e. The summed E-state index contributed by atoms with van der Waals surface area (Å²) in [6, 6.07) is 23.0. The predicted molar refractivity (Wildman–Crippen MR) is 148 cm³/mol. The number of aryl methyl sites for hydroxylation is 1. The third-order valence-corrected chi connectivity index (χ3v) is 6.69. The van der Waals surface area contributed by atoms with Crippen LogP contribution in [-0.2, 0) is 22.5 Å². The number of carbonyl (C=O) groups is 2. The van der Waals surface area contributed by atoms with Crippen molar-refractivity contribution in [3.63, 3.8) is 0 Å². The van der Waals surface area contributed by atoms with E-state index < -0.39 is 0 Å². The summed E-state index contributed by atoms with van der Waals surface area (Å²) in [5.41, 5.74) is 4.93. The van der Waals surface area contributed by atoms with Crippen LogP contribution in [0.3, 0.4) is 0 Å². The molecule has 37 heavy (non-hydrogen) atoms. The van der Waals surface area contributed by atoms with Crippen molar-refractivity contribution >= 4 is 34.3 Å². The molecular formula is C30H32ClN3O3. The van der Waals surface area contributed by atoms with E-state index in [0.717, 1.165) is 22.0 Å². The monoisotopic (exact) mass is 517 g/mol. The molecule has 192 valence electrons. The Hall–Kier alpha value is -3.61. The molecule has 0 saturated heterocycles. The van der Waals surface area contributed by atoms with E-state index in [9.17, 15) is 9.59 Å². The van der Waals surface area contributed by atoms with Crippen molar-refractivity contribution in [3.8, 4) is 0 Å². The number of nitrogens with zero attached hydrogens (tertiary/aromatic N) is 2. The lowest BCUT2D eigenvalue weighted by atomic mass is 10.1. The number of amides is 2. The molecule has 0 fully saturated rings. The molecule has 0 saturated carbocycles. The third-order valence-electron chi connectivity index (χ3n) is 6.44. The number of aromatic amines is 1. The Labute approximate surface area is 222 Å². The van der Waals surface area contributed by atoms with E-state index in [2.05, 4.69) is 11.1 Å².